The van der Waals surface area contributed by atoms with Crippen molar-refractivity contribution in [3.63, 3.8) is 0 Å². The van der Waals surface area contributed by atoms with Crippen LogP contribution in [0.4, 0.5) is 0 Å². The molecule has 1 aromatic carbocycles. The molecule has 2 aromatic rings. The van der Waals surface area contributed by atoms with Crippen LogP contribution in [0, 0.1) is 0 Å². The predicted molar refractivity (Wildman–Crippen MR) is 66.3 cm³/mol. The van der Waals surface area contributed by atoms with Crippen molar-refractivity contribution in [2.24, 2.45) is 0 Å². The molecular weight excluding hydrogens is 293 g/mol. The van der Waals surface area contributed by atoms with Crippen molar-refractivity contribution >= 4 is 33.9 Å². The summed E-state index contributed by atoms with van der Waals surface area (Å²) in [4.78, 5) is 4.05. The monoisotopic (exact) mass is 303 g/mol. The molecule has 0 saturated heterocycles. The molecule has 0 bridgehead atoms. The number of alkyl halides is 1. The van der Waals surface area contributed by atoms with Crippen molar-refractivity contribution in [1.82, 2.24) is 4.98 Å². The Hall–Kier alpha value is -0.420. The molecule has 0 aliphatic rings. The lowest BCUT2D eigenvalue weighted by atomic mass is 10.4. The van der Waals surface area contributed by atoms with Crippen LogP contribution < -0.4 is 0 Å². The van der Waals surface area contributed by atoms with E-state index in [1.54, 1.807) is 11.3 Å². The van der Waals surface area contributed by atoms with Gasteiger partial charge in [-0.15, -0.1) is 11.3 Å². The molecule has 1 aromatic heterocycles. The Morgan fingerprint density at radius 3 is 1.85 bits per heavy atom. The number of halogens is 1. The van der Waals surface area contributed by atoms with Gasteiger partial charge in [0.1, 0.15) is 0 Å². The molecule has 0 atom stereocenters. The van der Waals surface area contributed by atoms with Gasteiger partial charge in [0.05, 0.1) is 11.2 Å². The normalized spacial score (nSPS) is 8.69. The second-order valence-corrected chi connectivity index (χ2v) is 3.75. The molecule has 0 fully saturated rings. The van der Waals surface area contributed by atoms with Gasteiger partial charge in [-0.1, -0.05) is 59.0 Å². The summed E-state index contributed by atoms with van der Waals surface area (Å²) in [6, 6.07) is 12.0. The zero-order chi connectivity index (χ0) is 9.36. The van der Waals surface area contributed by atoms with Gasteiger partial charge in [-0.3, -0.25) is 0 Å². The summed E-state index contributed by atoms with van der Waals surface area (Å²) in [5.41, 5.74) is 3.04. The van der Waals surface area contributed by atoms with Gasteiger partial charge >= 0.3 is 0 Å². The maximum Gasteiger partial charge on any atom is 0.0795 e. The van der Waals surface area contributed by atoms with E-state index in [0.29, 0.717) is 0 Å². The number of hydrogen-bond donors (Lipinski definition) is 0. The van der Waals surface area contributed by atoms with Crippen LogP contribution in [-0.2, 0) is 4.43 Å². The summed E-state index contributed by atoms with van der Waals surface area (Å²) in [5, 5.41) is 2.06. The SMILES string of the molecule is ICc1cscn1.c1ccccc1. The summed E-state index contributed by atoms with van der Waals surface area (Å²) in [5.74, 6) is 0. The van der Waals surface area contributed by atoms with Crippen molar-refractivity contribution in [3.05, 3.63) is 53.0 Å². The number of nitrogens with zero attached hydrogens (tertiary/aromatic N) is 1. The van der Waals surface area contributed by atoms with E-state index in [1.165, 1.54) is 5.69 Å². The summed E-state index contributed by atoms with van der Waals surface area (Å²) in [6.45, 7) is 0. The fourth-order valence-electron chi connectivity index (χ4n) is 0.688. The van der Waals surface area contributed by atoms with Crippen LogP contribution >= 0.6 is 33.9 Å². The lowest BCUT2D eigenvalue weighted by Gasteiger charge is -1.75. The molecule has 0 N–H and O–H groups in total. The molecule has 1 nitrogen and oxygen atoms in total. The van der Waals surface area contributed by atoms with E-state index in [2.05, 4.69) is 33.0 Å². The highest BCUT2D eigenvalue weighted by atomic mass is 127. The Morgan fingerprint density at radius 1 is 1.08 bits per heavy atom. The van der Waals surface area contributed by atoms with E-state index >= 15 is 0 Å². The fourth-order valence-corrected chi connectivity index (χ4v) is 1.96. The molecule has 0 spiro atoms. The lowest BCUT2D eigenvalue weighted by Crippen LogP contribution is -1.69. The minimum Gasteiger partial charge on any atom is -0.249 e. The van der Waals surface area contributed by atoms with Crippen molar-refractivity contribution in [3.8, 4) is 0 Å². The van der Waals surface area contributed by atoms with Crippen LogP contribution in [0.1, 0.15) is 5.69 Å². The van der Waals surface area contributed by atoms with Gasteiger partial charge in [-0.2, -0.15) is 0 Å². The first kappa shape index (κ1) is 10.7. The number of hydrogen-bond acceptors (Lipinski definition) is 2. The Balaban J connectivity index is 0.000000132. The zero-order valence-corrected chi connectivity index (χ0v) is 10.0. The Bertz CT molecular complexity index is 267. The van der Waals surface area contributed by atoms with E-state index < -0.39 is 0 Å². The first-order chi connectivity index (χ1) is 6.43. The van der Waals surface area contributed by atoms with Gasteiger partial charge in [-0.25, -0.2) is 4.98 Å². The predicted octanol–water partition coefficient (Wildman–Crippen LogP) is 3.76. The van der Waals surface area contributed by atoms with Crippen molar-refractivity contribution in [1.29, 1.82) is 0 Å². The van der Waals surface area contributed by atoms with E-state index in [-0.39, 0.29) is 0 Å². The third kappa shape index (κ3) is 5.00. The maximum atomic E-state index is 4.05. The van der Waals surface area contributed by atoms with Crippen molar-refractivity contribution in [2.75, 3.05) is 0 Å². The topological polar surface area (TPSA) is 12.9 Å². The molecule has 0 radical (unpaired) electrons. The molecule has 0 amide bonds. The molecule has 0 aliphatic heterocycles. The molecule has 3 heteroatoms. The minimum absolute atomic E-state index is 1.03. The van der Waals surface area contributed by atoms with E-state index in [9.17, 15) is 0 Å². The second kappa shape index (κ2) is 7.03. The average molecular weight is 303 g/mol. The number of thiazole rings is 1. The highest BCUT2D eigenvalue weighted by molar-refractivity contribution is 14.1. The summed E-state index contributed by atoms with van der Waals surface area (Å²) in [7, 11) is 0. The zero-order valence-electron chi connectivity index (χ0n) is 7.06. The highest BCUT2D eigenvalue weighted by Gasteiger charge is 1.85. The van der Waals surface area contributed by atoms with Crippen LogP contribution in [0.3, 0.4) is 0 Å². The van der Waals surface area contributed by atoms with E-state index in [1.807, 2.05) is 41.9 Å². The second-order valence-electron chi connectivity index (χ2n) is 2.27. The van der Waals surface area contributed by atoms with Crippen LogP contribution in [0.15, 0.2) is 47.3 Å². The fraction of sp³-hybridized carbons (Fsp3) is 0.100. The highest BCUT2D eigenvalue weighted by Crippen LogP contribution is 2.04. The van der Waals surface area contributed by atoms with Crippen molar-refractivity contribution < 1.29 is 0 Å². The van der Waals surface area contributed by atoms with Gasteiger partial charge in [0.2, 0.25) is 0 Å². The quantitative estimate of drug-likeness (QED) is 0.577. The van der Waals surface area contributed by atoms with Crippen molar-refractivity contribution in [2.45, 2.75) is 4.43 Å². The Labute approximate surface area is 96.0 Å². The van der Waals surface area contributed by atoms with Gasteiger partial charge in [0.25, 0.3) is 0 Å². The van der Waals surface area contributed by atoms with Crippen LogP contribution in [0.2, 0.25) is 0 Å². The number of aromatic nitrogens is 1. The first-order valence-electron chi connectivity index (χ1n) is 3.86. The van der Waals surface area contributed by atoms with Crippen LogP contribution in [0.25, 0.3) is 0 Å². The molecule has 0 saturated carbocycles. The third-order valence-electron chi connectivity index (χ3n) is 1.29. The molecule has 0 unspecified atom stereocenters. The van der Waals surface area contributed by atoms with Gasteiger partial charge < -0.3 is 0 Å². The average Bonchev–Trinajstić information content (AvgIpc) is 2.74. The Morgan fingerprint density at radius 2 is 1.62 bits per heavy atom. The Kier molecular flexibility index (Phi) is 5.76. The number of rotatable bonds is 1. The lowest BCUT2D eigenvalue weighted by molar-refractivity contribution is 1.26. The largest absolute Gasteiger partial charge is 0.249 e. The number of benzene rings is 1. The molecule has 13 heavy (non-hydrogen) atoms. The van der Waals surface area contributed by atoms with Crippen LogP contribution in [-0.4, -0.2) is 4.98 Å². The van der Waals surface area contributed by atoms with E-state index in [0.717, 1.165) is 4.43 Å². The van der Waals surface area contributed by atoms with Gasteiger partial charge in [0.15, 0.2) is 0 Å². The standard InChI is InChI=1S/C6H6.C4H4INS/c1-2-4-6-5-3-1;5-1-4-2-7-3-6-4/h1-6H;2-3H,1H2. The third-order valence-corrected chi connectivity index (χ3v) is 2.70. The molecule has 68 valence electrons. The van der Waals surface area contributed by atoms with Crippen LogP contribution in [0.5, 0.6) is 0 Å². The smallest absolute Gasteiger partial charge is 0.0795 e. The summed E-state index contributed by atoms with van der Waals surface area (Å²) in [6.07, 6.45) is 0. The maximum absolute atomic E-state index is 4.05. The first-order valence-corrected chi connectivity index (χ1v) is 6.33. The minimum atomic E-state index is 1.03. The molecular formula is C10H10INS. The summed E-state index contributed by atoms with van der Waals surface area (Å²) >= 11 is 3.94. The molecule has 1 heterocycles. The summed E-state index contributed by atoms with van der Waals surface area (Å²) < 4.78 is 1.03. The van der Waals surface area contributed by atoms with Gasteiger partial charge in [0, 0.05) is 9.81 Å². The molecule has 2 rings (SSSR count). The van der Waals surface area contributed by atoms with E-state index in [4.69, 9.17) is 0 Å². The molecule has 0 aliphatic carbocycles. The van der Waals surface area contributed by atoms with Gasteiger partial charge in [-0.05, 0) is 0 Å².